The van der Waals surface area contributed by atoms with Crippen molar-refractivity contribution in [1.29, 1.82) is 0 Å². The molecule has 1 aromatic carbocycles. The van der Waals surface area contributed by atoms with Crippen molar-refractivity contribution in [3.8, 4) is 5.75 Å². The van der Waals surface area contributed by atoms with Crippen molar-refractivity contribution in [2.75, 3.05) is 5.32 Å². The molecule has 0 radical (unpaired) electrons. The second-order valence-corrected chi connectivity index (χ2v) is 4.84. The normalized spacial score (nSPS) is 10.4. The SMILES string of the molecule is CCCC(=O)Nc1cnn(COc2ccc(CC)cc2)c1. The summed E-state index contributed by atoms with van der Waals surface area (Å²) in [6, 6.07) is 8.00. The van der Waals surface area contributed by atoms with Crippen LogP contribution in [0.15, 0.2) is 36.7 Å². The summed E-state index contributed by atoms with van der Waals surface area (Å²) in [5, 5.41) is 6.95. The third kappa shape index (κ3) is 4.63. The van der Waals surface area contributed by atoms with Crippen LogP contribution >= 0.6 is 0 Å². The Morgan fingerprint density at radius 1 is 1.29 bits per heavy atom. The molecule has 0 unspecified atom stereocenters. The van der Waals surface area contributed by atoms with E-state index in [1.807, 2.05) is 19.1 Å². The van der Waals surface area contributed by atoms with E-state index in [9.17, 15) is 4.79 Å². The maximum Gasteiger partial charge on any atom is 0.224 e. The first-order chi connectivity index (χ1) is 10.2. The maximum atomic E-state index is 11.5. The van der Waals surface area contributed by atoms with Crippen LogP contribution in [0, 0.1) is 0 Å². The van der Waals surface area contributed by atoms with E-state index in [0.717, 1.165) is 18.6 Å². The van der Waals surface area contributed by atoms with Crippen LogP contribution in [-0.2, 0) is 17.9 Å². The molecule has 21 heavy (non-hydrogen) atoms. The van der Waals surface area contributed by atoms with Gasteiger partial charge >= 0.3 is 0 Å². The number of nitrogens with one attached hydrogen (secondary N) is 1. The number of amides is 1. The first-order valence-electron chi connectivity index (χ1n) is 7.25. The number of hydrogen-bond donors (Lipinski definition) is 1. The lowest BCUT2D eigenvalue weighted by Crippen LogP contribution is -2.10. The predicted octanol–water partition coefficient (Wildman–Crippen LogP) is 3.22. The van der Waals surface area contributed by atoms with Crippen molar-refractivity contribution in [3.63, 3.8) is 0 Å². The van der Waals surface area contributed by atoms with Crippen LogP contribution in [0.25, 0.3) is 0 Å². The number of aromatic nitrogens is 2. The zero-order valence-electron chi connectivity index (χ0n) is 12.5. The fourth-order valence-corrected chi connectivity index (χ4v) is 1.91. The van der Waals surface area contributed by atoms with Gasteiger partial charge in [-0.05, 0) is 30.5 Å². The zero-order valence-corrected chi connectivity index (χ0v) is 12.5. The van der Waals surface area contributed by atoms with Crippen LogP contribution in [0.4, 0.5) is 5.69 Å². The predicted molar refractivity (Wildman–Crippen MR) is 82.2 cm³/mol. The van der Waals surface area contributed by atoms with Crippen LogP contribution in [0.2, 0.25) is 0 Å². The van der Waals surface area contributed by atoms with Gasteiger partial charge in [0.15, 0.2) is 6.73 Å². The van der Waals surface area contributed by atoms with E-state index in [2.05, 4.69) is 29.5 Å². The van der Waals surface area contributed by atoms with Crippen molar-refractivity contribution in [1.82, 2.24) is 9.78 Å². The fraction of sp³-hybridized carbons (Fsp3) is 0.375. The molecule has 0 aliphatic carbocycles. The monoisotopic (exact) mass is 287 g/mol. The Kier molecular flexibility index (Phi) is 5.37. The largest absolute Gasteiger partial charge is 0.471 e. The lowest BCUT2D eigenvalue weighted by Gasteiger charge is -2.06. The summed E-state index contributed by atoms with van der Waals surface area (Å²) in [5.41, 5.74) is 1.97. The van der Waals surface area contributed by atoms with E-state index in [0.29, 0.717) is 18.8 Å². The van der Waals surface area contributed by atoms with Crippen molar-refractivity contribution < 1.29 is 9.53 Å². The lowest BCUT2D eigenvalue weighted by molar-refractivity contribution is -0.116. The Hall–Kier alpha value is -2.30. The second kappa shape index (κ2) is 7.47. The molecular formula is C16H21N3O2. The van der Waals surface area contributed by atoms with Crippen LogP contribution in [-0.4, -0.2) is 15.7 Å². The third-order valence-electron chi connectivity index (χ3n) is 3.09. The molecule has 1 aromatic heterocycles. The van der Waals surface area contributed by atoms with Crippen molar-refractivity contribution >= 4 is 11.6 Å². The van der Waals surface area contributed by atoms with Crippen LogP contribution in [0.3, 0.4) is 0 Å². The third-order valence-corrected chi connectivity index (χ3v) is 3.09. The van der Waals surface area contributed by atoms with Gasteiger partial charge in [0, 0.05) is 6.42 Å². The molecule has 0 saturated heterocycles. The Morgan fingerprint density at radius 3 is 2.71 bits per heavy atom. The Morgan fingerprint density at radius 2 is 2.05 bits per heavy atom. The van der Waals surface area contributed by atoms with Crippen LogP contribution < -0.4 is 10.1 Å². The van der Waals surface area contributed by atoms with Crippen molar-refractivity contribution in [2.45, 2.75) is 39.8 Å². The summed E-state index contributed by atoms with van der Waals surface area (Å²) in [5.74, 6) is 0.812. The average molecular weight is 287 g/mol. The molecule has 1 heterocycles. The molecule has 112 valence electrons. The molecule has 1 N–H and O–H groups in total. The van der Waals surface area contributed by atoms with Crippen LogP contribution in [0.1, 0.15) is 32.3 Å². The number of nitrogens with zero attached hydrogens (tertiary/aromatic N) is 2. The molecule has 5 heteroatoms. The van der Waals surface area contributed by atoms with E-state index in [4.69, 9.17) is 4.74 Å². The van der Waals surface area contributed by atoms with Gasteiger partial charge in [0.1, 0.15) is 5.75 Å². The Labute approximate surface area is 124 Å². The highest BCUT2D eigenvalue weighted by atomic mass is 16.5. The second-order valence-electron chi connectivity index (χ2n) is 4.84. The Balaban J connectivity index is 1.85. The standard InChI is InChI=1S/C16H21N3O2/c1-3-5-16(20)18-14-10-17-19(11-14)12-21-15-8-6-13(4-2)7-9-15/h6-11H,3-5,12H2,1-2H3,(H,18,20). The number of ether oxygens (including phenoxy) is 1. The minimum atomic E-state index is 0.00752. The molecule has 0 fully saturated rings. The van der Waals surface area contributed by atoms with Gasteiger partial charge in [-0.3, -0.25) is 4.79 Å². The molecule has 2 aromatic rings. The highest BCUT2D eigenvalue weighted by Gasteiger charge is 2.03. The van der Waals surface area contributed by atoms with E-state index in [1.54, 1.807) is 17.1 Å². The maximum absolute atomic E-state index is 11.5. The summed E-state index contributed by atoms with van der Waals surface area (Å²) in [7, 11) is 0. The summed E-state index contributed by atoms with van der Waals surface area (Å²) in [4.78, 5) is 11.5. The highest BCUT2D eigenvalue weighted by Crippen LogP contribution is 2.13. The molecular weight excluding hydrogens is 266 g/mol. The van der Waals surface area contributed by atoms with Gasteiger partial charge in [0.05, 0.1) is 18.1 Å². The van der Waals surface area contributed by atoms with Gasteiger partial charge in [0.2, 0.25) is 5.91 Å². The number of hydrogen-bond acceptors (Lipinski definition) is 3. The molecule has 0 spiro atoms. The Bertz CT molecular complexity index is 575. The van der Waals surface area contributed by atoms with Gasteiger partial charge in [-0.1, -0.05) is 26.0 Å². The van der Waals surface area contributed by atoms with E-state index < -0.39 is 0 Å². The molecule has 0 saturated carbocycles. The first-order valence-corrected chi connectivity index (χ1v) is 7.25. The lowest BCUT2D eigenvalue weighted by atomic mass is 10.2. The number of aryl methyl sites for hydroxylation is 1. The summed E-state index contributed by atoms with van der Waals surface area (Å²) in [6.07, 6.45) is 5.74. The number of carbonyl (C=O) groups excluding carboxylic acids is 1. The first kappa shape index (κ1) is 15.1. The molecule has 0 atom stereocenters. The van der Waals surface area contributed by atoms with Gasteiger partial charge < -0.3 is 10.1 Å². The summed E-state index contributed by atoms with van der Waals surface area (Å²) < 4.78 is 7.29. The summed E-state index contributed by atoms with van der Waals surface area (Å²) >= 11 is 0. The number of benzene rings is 1. The molecule has 0 aliphatic heterocycles. The van der Waals surface area contributed by atoms with Crippen molar-refractivity contribution in [3.05, 3.63) is 42.2 Å². The average Bonchev–Trinajstić information content (AvgIpc) is 2.93. The number of rotatable bonds is 7. The minimum absolute atomic E-state index is 0.00752. The topological polar surface area (TPSA) is 56.2 Å². The van der Waals surface area contributed by atoms with E-state index >= 15 is 0 Å². The molecule has 1 amide bonds. The van der Waals surface area contributed by atoms with E-state index in [-0.39, 0.29) is 5.91 Å². The highest BCUT2D eigenvalue weighted by molar-refractivity contribution is 5.90. The van der Waals surface area contributed by atoms with Gasteiger partial charge in [-0.25, -0.2) is 4.68 Å². The van der Waals surface area contributed by atoms with Crippen LogP contribution in [0.5, 0.6) is 5.75 Å². The quantitative estimate of drug-likeness (QED) is 0.850. The van der Waals surface area contributed by atoms with E-state index in [1.165, 1.54) is 5.56 Å². The molecule has 5 nitrogen and oxygen atoms in total. The van der Waals surface area contributed by atoms with Gasteiger partial charge in [0.25, 0.3) is 0 Å². The number of carbonyl (C=O) groups is 1. The minimum Gasteiger partial charge on any atom is -0.471 e. The van der Waals surface area contributed by atoms with Gasteiger partial charge in [-0.2, -0.15) is 5.10 Å². The fourth-order valence-electron chi connectivity index (χ4n) is 1.91. The molecule has 0 bridgehead atoms. The molecule has 0 aliphatic rings. The van der Waals surface area contributed by atoms with Crippen molar-refractivity contribution in [2.24, 2.45) is 0 Å². The van der Waals surface area contributed by atoms with Gasteiger partial charge in [-0.15, -0.1) is 0 Å². The smallest absolute Gasteiger partial charge is 0.224 e. The summed E-state index contributed by atoms with van der Waals surface area (Å²) in [6.45, 7) is 4.41. The molecule has 2 rings (SSSR count). The zero-order chi connectivity index (χ0) is 15.1. The number of anilines is 1.